The summed E-state index contributed by atoms with van der Waals surface area (Å²) in [4.78, 5) is 16.8. The molecule has 104 valence electrons. The van der Waals surface area contributed by atoms with Gasteiger partial charge >= 0.3 is 0 Å². The van der Waals surface area contributed by atoms with E-state index in [1.807, 2.05) is 25.2 Å². The minimum atomic E-state index is -0.0292. The molecule has 5 heteroatoms. The van der Waals surface area contributed by atoms with Gasteiger partial charge in [-0.1, -0.05) is 33.6 Å². The van der Waals surface area contributed by atoms with E-state index in [2.05, 4.69) is 32.8 Å². The van der Waals surface area contributed by atoms with Crippen molar-refractivity contribution in [2.45, 2.75) is 12.5 Å². The van der Waals surface area contributed by atoms with E-state index in [9.17, 15) is 4.79 Å². The number of carbonyl (C=O) groups is 1. The molecule has 1 saturated heterocycles. The first-order valence-corrected chi connectivity index (χ1v) is 7.50. The summed E-state index contributed by atoms with van der Waals surface area (Å²) in [5, 5.41) is 0.648. The maximum Gasteiger partial charge on any atom is 0.155 e. The van der Waals surface area contributed by atoms with Gasteiger partial charge in [0.2, 0.25) is 0 Å². The fraction of sp³-hybridized carbons (Fsp3) is 0.500. The summed E-state index contributed by atoms with van der Waals surface area (Å²) in [6.07, 6.45) is 0.398. The van der Waals surface area contributed by atoms with Gasteiger partial charge in [0.25, 0.3) is 0 Å². The van der Waals surface area contributed by atoms with Gasteiger partial charge in [-0.05, 0) is 31.8 Å². The van der Waals surface area contributed by atoms with Gasteiger partial charge in [0, 0.05) is 35.6 Å². The van der Waals surface area contributed by atoms with Crippen molar-refractivity contribution in [1.82, 2.24) is 9.80 Å². The van der Waals surface area contributed by atoms with Gasteiger partial charge in [-0.3, -0.25) is 9.69 Å². The van der Waals surface area contributed by atoms with Gasteiger partial charge in [0.05, 0.1) is 6.04 Å². The molecule has 1 aliphatic rings. The monoisotopic (exact) mass is 344 g/mol. The van der Waals surface area contributed by atoms with Crippen LogP contribution in [-0.4, -0.2) is 55.4 Å². The first-order chi connectivity index (χ1) is 8.97. The maximum atomic E-state index is 12.4. The van der Waals surface area contributed by atoms with Crippen LogP contribution in [0.2, 0.25) is 5.02 Å². The number of Topliss-reactive ketones (excluding diaryl/α,β-unsaturated/α-hetero) is 1. The maximum absolute atomic E-state index is 12.4. The molecule has 19 heavy (non-hydrogen) atoms. The summed E-state index contributed by atoms with van der Waals surface area (Å²) < 4.78 is 0.934. The predicted molar refractivity (Wildman–Crippen MR) is 81.8 cm³/mol. The molecule has 0 aliphatic carbocycles. The Bertz CT molecular complexity index is 481. The molecule has 0 aromatic heterocycles. The number of likely N-dealkylation sites (N-methyl/N-ethyl adjacent to an activating group) is 2. The lowest BCUT2D eigenvalue weighted by molar-refractivity contribution is -0.125. The smallest absolute Gasteiger partial charge is 0.155 e. The van der Waals surface area contributed by atoms with E-state index in [0.717, 1.165) is 29.7 Å². The normalized spacial score (nSPS) is 21.6. The van der Waals surface area contributed by atoms with E-state index in [4.69, 9.17) is 11.6 Å². The number of nitrogens with zero attached hydrogens (tertiary/aromatic N) is 2. The molecular weight excluding hydrogens is 328 g/mol. The van der Waals surface area contributed by atoms with Crippen molar-refractivity contribution in [2.75, 3.05) is 33.7 Å². The average molecular weight is 346 g/mol. The van der Waals surface area contributed by atoms with Crippen LogP contribution in [0.25, 0.3) is 0 Å². The Morgan fingerprint density at radius 1 is 1.42 bits per heavy atom. The molecule has 0 bridgehead atoms. The third kappa shape index (κ3) is 3.78. The Hall–Kier alpha value is -0.420. The second-order valence-corrected chi connectivity index (χ2v) is 6.46. The van der Waals surface area contributed by atoms with Crippen LogP contribution in [0.4, 0.5) is 0 Å². The number of rotatable bonds is 3. The molecule has 1 fully saturated rings. The molecule has 0 radical (unpaired) electrons. The van der Waals surface area contributed by atoms with Crippen molar-refractivity contribution in [3.63, 3.8) is 0 Å². The molecule has 0 amide bonds. The summed E-state index contributed by atoms with van der Waals surface area (Å²) in [6.45, 7) is 2.74. The minimum Gasteiger partial charge on any atom is -0.303 e. The highest BCUT2D eigenvalue weighted by molar-refractivity contribution is 9.10. The van der Waals surface area contributed by atoms with Crippen LogP contribution < -0.4 is 0 Å². The molecule has 1 aliphatic heterocycles. The quantitative estimate of drug-likeness (QED) is 0.841. The van der Waals surface area contributed by atoms with Gasteiger partial charge in [-0.25, -0.2) is 0 Å². The average Bonchev–Trinajstić information content (AvgIpc) is 2.35. The molecule has 1 atom stereocenters. The van der Waals surface area contributed by atoms with Crippen LogP contribution in [0.1, 0.15) is 5.56 Å². The van der Waals surface area contributed by atoms with E-state index in [-0.39, 0.29) is 11.8 Å². The standard InChI is InChI=1S/C14H18BrClN2O/c1-17-5-6-18(2)13(9-17)14(19)7-10-3-4-11(15)8-12(10)16/h3-4,8,13H,5-7,9H2,1-2H3. The van der Waals surface area contributed by atoms with Crippen molar-refractivity contribution in [3.05, 3.63) is 33.3 Å². The van der Waals surface area contributed by atoms with Crippen molar-refractivity contribution >= 4 is 33.3 Å². The highest BCUT2D eigenvalue weighted by atomic mass is 79.9. The topological polar surface area (TPSA) is 23.6 Å². The second kappa shape index (κ2) is 6.35. The molecule has 0 spiro atoms. The Morgan fingerprint density at radius 3 is 2.84 bits per heavy atom. The summed E-state index contributed by atoms with van der Waals surface area (Å²) in [7, 11) is 4.07. The lowest BCUT2D eigenvalue weighted by Gasteiger charge is -2.36. The Labute approximate surface area is 127 Å². The predicted octanol–water partition coefficient (Wildman–Crippen LogP) is 2.46. The second-order valence-electron chi connectivity index (χ2n) is 5.14. The zero-order valence-corrected chi connectivity index (χ0v) is 13.5. The third-order valence-electron chi connectivity index (χ3n) is 3.60. The molecule has 2 rings (SSSR count). The van der Waals surface area contributed by atoms with E-state index >= 15 is 0 Å². The molecule has 1 aromatic rings. The molecule has 0 saturated carbocycles. The zero-order valence-electron chi connectivity index (χ0n) is 11.2. The van der Waals surface area contributed by atoms with Crippen molar-refractivity contribution in [2.24, 2.45) is 0 Å². The van der Waals surface area contributed by atoms with Crippen LogP contribution in [0.3, 0.4) is 0 Å². The first-order valence-electron chi connectivity index (χ1n) is 6.33. The van der Waals surface area contributed by atoms with E-state index in [1.165, 1.54) is 0 Å². The minimum absolute atomic E-state index is 0.0292. The van der Waals surface area contributed by atoms with Crippen molar-refractivity contribution < 1.29 is 4.79 Å². The number of benzene rings is 1. The van der Waals surface area contributed by atoms with Gasteiger partial charge in [-0.2, -0.15) is 0 Å². The van der Waals surface area contributed by atoms with E-state index in [0.29, 0.717) is 11.4 Å². The number of halogens is 2. The van der Waals surface area contributed by atoms with E-state index in [1.54, 1.807) is 0 Å². The van der Waals surface area contributed by atoms with Crippen LogP contribution >= 0.6 is 27.5 Å². The molecule has 1 aromatic carbocycles. The first kappa shape index (κ1) is 15.0. The number of hydrogen-bond acceptors (Lipinski definition) is 3. The van der Waals surface area contributed by atoms with Gasteiger partial charge in [-0.15, -0.1) is 0 Å². The molecule has 1 unspecified atom stereocenters. The summed E-state index contributed by atoms with van der Waals surface area (Å²) in [6, 6.07) is 5.64. The van der Waals surface area contributed by atoms with Crippen LogP contribution in [0.5, 0.6) is 0 Å². The number of carbonyl (C=O) groups excluding carboxylic acids is 1. The SMILES string of the molecule is CN1CCN(C)C(C(=O)Cc2ccc(Br)cc2Cl)C1. The lowest BCUT2D eigenvalue weighted by Crippen LogP contribution is -2.53. The molecule has 3 nitrogen and oxygen atoms in total. The van der Waals surface area contributed by atoms with Crippen LogP contribution in [0.15, 0.2) is 22.7 Å². The summed E-state index contributed by atoms with van der Waals surface area (Å²) in [5.41, 5.74) is 0.900. The third-order valence-corrected chi connectivity index (χ3v) is 4.45. The number of hydrogen-bond donors (Lipinski definition) is 0. The highest BCUT2D eigenvalue weighted by Gasteiger charge is 2.28. The Balaban J connectivity index is 2.07. The van der Waals surface area contributed by atoms with Crippen LogP contribution in [0, 0.1) is 0 Å². The molecular formula is C14H18BrClN2O. The highest BCUT2D eigenvalue weighted by Crippen LogP contribution is 2.22. The zero-order chi connectivity index (χ0) is 14.0. The Morgan fingerprint density at radius 2 is 2.16 bits per heavy atom. The summed E-state index contributed by atoms with van der Waals surface area (Å²) >= 11 is 9.54. The molecule has 0 N–H and O–H groups in total. The van der Waals surface area contributed by atoms with Crippen molar-refractivity contribution in [1.29, 1.82) is 0 Å². The van der Waals surface area contributed by atoms with E-state index < -0.39 is 0 Å². The summed E-state index contributed by atoms with van der Waals surface area (Å²) in [5.74, 6) is 0.235. The van der Waals surface area contributed by atoms with Crippen molar-refractivity contribution in [3.8, 4) is 0 Å². The largest absolute Gasteiger partial charge is 0.303 e. The fourth-order valence-electron chi connectivity index (χ4n) is 2.33. The fourth-order valence-corrected chi connectivity index (χ4v) is 3.07. The Kier molecular flexibility index (Phi) is 5.01. The molecule has 1 heterocycles. The number of ketones is 1. The lowest BCUT2D eigenvalue weighted by atomic mass is 10.0. The van der Waals surface area contributed by atoms with Gasteiger partial charge in [0.1, 0.15) is 0 Å². The number of piperazine rings is 1. The van der Waals surface area contributed by atoms with Gasteiger partial charge in [0.15, 0.2) is 5.78 Å². The van der Waals surface area contributed by atoms with Crippen LogP contribution in [-0.2, 0) is 11.2 Å². The van der Waals surface area contributed by atoms with Gasteiger partial charge < -0.3 is 4.90 Å².